The van der Waals surface area contributed by atoms with E-state index in [4.69, 9.17) is 5.73 Å². The summed E-state index contributed by atoms with van der Waals surface area (Å²) in [6, 6.07) is 7.73. The molecule has 13 heavy (non-hydrogen) atoms. The van der Waals surface area contributed by atoms with E-state index < -0.39 is 0 Å². The smallest absolute Gasteiger partial charge is 0.0541 e. The molecular weight excluding hydrogens is 162 g/mol. The summed E-state index contributed by atoms with van der Waals surface area (Å²) < 4.78 is 0. The van der Waals surface area contributed by atoms with Crippen LogP contribution >= 0.6 is 0 Å². The SMILES string of the molecule is [NH]c1ccc(N2CCNCC2)cc1. The first-order valence-electron chi connectivity index (χ1n) is 4.63. The van der Waals surface area contributed by atoms with Crippen molar-refractivity contribution >= 4 is 11.4 Å². The van der Waals surface area contributed by atoms with Gasteiger partial charge in [0, 0.05) is 31.9 Å². The van der Waals surface area contributed by atoms with E-state index in [0.717, 1.165) is 26.2 Å². The first kappa shape index (κ1) is 8.38. The normalized spacial score (nSPS) is 17.4. The fourth-order valence-electron chi connectivity index (χ4n) is 1.60. The van der Waals surface area contributed by atoms with Crippen LogP contribution in [0.3, 0.4) is 0 Å². The van der Waals surface area contributed by atoms with Gasteiger partial charge in [-0.2, -0.15) is 0 Å². The average molecular weight is 176 g/mol. The van der Waals surface area contributed by atoms with E-state index in [1.54, 1.807) is 0 Å². The lowest BCUT2D eigenvalue weighted by atomic mass is 10.2. The highest BCUT2D eigenvalue weighted by Gasteiger charge is 2.09. The number of hydrogen-bond donors (Lipinski definition) is 1. The number of rotatable bonds is 1. The molecule has 1 saturated heterocycles. The van der Waals surface area contributed by atoms with E-state index in [9.17, 15) is 0 Å². The molecule has 1 heterocycles. The van der Waals surface area contributed by atoms with Crippen LogP contribution in [0.25, 0.3) is 0 Å². The molecule has 1 aliphatic heterocycles. The maximum Gasteiger partial charge on any atom is 0.0541 e. The standard InChI is InChI=1S/C10H14N3/c11-9-1-3-10(4-2-9)13-7-5-12-6-8-13/h1-4,11-12H,5-8H2. The van der Waals surface area contributed by atoms with Crippen LogP contribution in [0, 0.1) is 0 Å². The van der Waals surface area contributed by atoms with Gasteiger partial charge in [-0.25, -0.2) is 0 Å². The summed E-state index contributed by atoms with van der Waals surface area (Å²) in [6.45, 7) is 4.25. The van der Waals surface area contributed by atoms with Crippen molar-refractivity contribution in [2.45, 2.75) is 0 Å². The number of nitrogens with one attached hydrogen (secondary N) is 2. The number of hydrogen-bond acceptors (Lipinski definition) is 2. The minimum atomic E-state index is 0.582. The van der Waals surface area contributed by atoms with Crippen molar-refractivity contribution in [3.63, 3.8) is 0 Å². The zero-order valence-electron chi connectivity index (χ0n) is 7.59. The van der Waals surface area contributed by atoms with Gasteiger partial charge in [-0.3, -0.25) is 0 Å². The Morgan fingerprint density at radius 2 is 1.69 bits per heavy atom. The van der Waals surface area contributed by atoms with Crippen LogP contribution in [0.15, 0.2) is 24.3 Å². The fourth-order valence-corrected chi connectivity index (χ4v) is 1.60. The van der Waals surface area contributed by atoms with Gasteiger partial charge in [0.1, 0.15) is 0 Å². The van der Waals surface area contributed by atoms with Crippen LogP contribution in [0.1, 0.15) is 0 Å². The Morgan fingerprint density at radius 1 is 1.08 bits per heavy atom. The lowest BCUT2D eigenvalue weighted by Crippen LogP contribution is -2.43. The Kier molecular flexibility index (Phi) is 2.36. The third kappa shape index (κ3) is 1.92. The molecule has 0 spiro atoms. The molecule has 3 nitrogen and oxygen atoms in total. The second-order valence-electron chi connectivity index (χ2n) is 3.28. The summed E-state index contributed by atoms with van der Waals surface area (Å²) >= 11 is 0. The maximum absolute atomic E-state index is 7.37. The van der Waals surface area contributed by atoms with Crippen LogP contribution in [-0.4, -0.2) is 26.2 Å². The van der Waals surface area contributed by atoms with E-state index in [1.807, 2.05) is 24.3 Å². The third-order valence-corrected chi connectivity index (χ3v) is 2.35. The molecule has 0 saturated carbocycles. The largest absolute Gasteiger partial charge is 0.369 e. The number of anilines is 1. The summed E-state index contributed by atoms with van der Waals surface area (Å²) in [7, 11) is 0. The molecule has 1 radical (unpaired) electrons. The molecule has 1 aromatic rings. The van der Waals surface area contributed by atoms with Crippen molar-refractivity contribution in [2.75, 3.05) is 31.1 Å². The molecule has 3 heteroatoms. The van der Waals surface area contributed by atoms with Gasteiger partial charge in [-0.15, -0.1) is 0 Å². The second kappa shape index (κ2) is 3.66. The van der Waals surface area contributed by atoms with E-state index in [1.165, 1.54) is 5.69 Å². The Labute approximate surface area is 78.5 Å². The lowest BCUT2D eigenvalue weighted by Gasteiger charge is -2.29. The van der Waals surface area contributed by atoms with E-state index in [2.05, 4.69) is 10.2 Å². The van der Waals surface area contributed by atoms with Crippen LogP contribution in [-0.2, 0) is 0 Å². The molecular formula is C10H14N3. The van der Waals surface area contributed by atoms with Crippen molar-refractivity contribution in [1.82, 2.24) is 11.1 Å². The molecule has 1 aromatic carbocycles. The molecule has 0 amide bonds. The Morgan fingerprint density at radius 3 is 2.31 bits per heavy atom. The van der Waals surface area contributed by atoms with Gasteiger partial charge in [0.05, 0.1) is 5.69 Å². The molecule has 1 fully saturated rings. The summed E-state index contributed by atoms with van der Waals surface area (Å²) in [4.78, 5) is 2.34. The van der Waals surface area contributed by atoms with E-state index in [-0.39, 0.29) is 0 Å². The molecule has 0 aliphatic carbocycles. The molecule has 69 valence electrons. The molecule has 1 aliphatic rings. The molecule has 2 N–H and O–H groups in total. The van der Waals surface area contributed by atoms with E-state index in [0.29, 0.717) is 5.69 Å². The van der Waals surface area contributed by atoms with Crippen molar-refractivity contribution in [3.05, 3.63) is 24.3 Å². The predicted octanol–water partition coefficient (Wildman–Crippen LogP) is 1.01. The van der Waals surface area contributed by atoms with Crippen LogP contribution in [0.4, 0.5) is 11.4 Å². The number of piperazine rings is 1. The minimum absolute atomic E-state index is 0.582. The van der Waals surface area contributed by atoms with Crippen molar-refractivity contribution in [2.24, 2.45) is 0 Å². The van der Waals surface area contributed by atoms with E-state index >= 15 is 0 Å². The van der Waals surface area contributed by atoms with Crippen LogP contribution in [0.5, 0.6) is 0 Å². The topological polar surface area (TPSA) is 39.1 Å². The highest BCUT2D eigenvalue weighted by molar-refractivity contribution is 5.52. The molecule has 0 unspecified atom stereocenters. The Hall–Kier alpha value is -1.22. The van der Waals surface area contributed by atoms with Crippen molar-refractivity contribution < 1.29 is 0 Å². The average Bonchev–Trinajstić information content (AvgIpc) is 2.20. The Bertz CT molecular complexity index is 262. The summed E-state index contributed by atoms with van der Waals surface area (Å²) in [5, 5.41) is 3.32. The summed E-state index contributed by atoms with van der Waals surface area (Å²) in [5.74, 6) is 0. The zero-order valence-corrected chi connectivity index (χ0v) is 7.59. The van der Waals surface area contributed by atoms with Gasteiger partial charge < -0.3 is 16.0 Å². The highest BCUT2D eigenvalue weighted by Crippen LogP contribution is 2.16. The maximum atomic E-state index is 7.37. The van der Waals surface area contributed by atoms with Crippen molar-refractivity contribution in [1.29, 1.82) is 0 Å². The molecule has 2 rings (SSSR count). The Balaban J connectivity index is 2.10. The van der Waals surface area contributed by atoms with Gasteiger partial charge in [-0.05, 0) is 24.3 Å². The summed E-state index contributed by atoms with van der Waals surface area (Å²) in [5.41, 5.74) is 9.19. The van der Waals surface area contributed by atoms with Gasteiger partial charge in [0.25, 0.3) is 0 Å². The second-order valence-corrected chi connectivity index (χ2v) is 3.28. The van der Waals surface area contributed by atoms with Gasteiger partial charge >= 0.3 is 0 Å². The van der Waals surface area contributed by atoms with Crippen LogP contribution < -0.4 is 16.0 Å². The zero-order chi connectivity index (χ0) is 9.10. The lowest BCUT2D eigenvalue weighted by molar-refractivity contribution is 0.589. The quantitative estimate of drug-likeness (QED) is 0.693. The predicted molar refractivity (Wildman–Crippen MR) is 54.3 cm³/mol. The van der Waals surface area contributed by atoms with Crippen LogP contribution in [0.2, 0.25) is 0 Å². The van der Waals surface area contributed by atoms with Gasteiger partial charge in [-0.1, -0.05) is 0 Å². The van der Waals surface area contributed by atoms with Gasteiger partial charge in [0.15, 0.2) is 0 Å². The number of benzene rings is 1. The minimum Gasteiger partial charge on any atom is -0.369 e. The first-order chi connectivity index (χ1) is 6.36. The van der Waals surface area contributed by atoms with Gasteiger partial charge in [0.2, 0.25) is 0 Å². The van der Waals surface area contributed by atoms with Crippen molar-refractivity contribution in [3.8, 4) is 0 Å². The first-order valence-corrected chi connectivity index (χ1v) is 4.63. The fraction of sp³-hybridized carbons (Fsp3) is 0.400. The number of nitrogens with zero attached hydrogens (tertiary/aromatic N) is 1. The summed E-state index contributed by atoms with van der Waals surface area (Å²) in [6.07, 6.45) is 0. The monoisotopic (exact) mass is 176 g/mol. The third-order valence-electron chi connectivity index (χ3n) is 2.35. The molecule has 0 atom stereocenters. The highest BCUT2D eigenvalue weighted by atomic mass is 15.2. The molecule has 0 bridgehead atoms. The molecule has 0 aromatic heterocycles.